The maximum Gasteiger partial charge on any atom is 0.220 e. The third-order valence-electron chi connectivity index (χ3n) is 6.17. The van der Waals surface area contributed by atoms with Crippen molar-refractivity contribution in [1.29, 1.82) is 0 Å². The summed E-state index contributed by atoms with van der Waals surface area (Å²) in [6.45, 7) is 1.46. The first-order valence-corrected chi connectivity index (χ1v) is 10.2. The highest BCUT2D eigenvalue weighted by Gasteiger charge is 2.34. The van der Waals surface area contributed by atoms with Crippen molar-refractivity contribution in [2.75, 3.05) is 13.1 Å². The van der Waals surface area contributed by atoms with Gasteiger partial charge in [-0.25, -0.2) is 9.07 Å². The average molecular weight is 386 g/mol. The lowest BCUT2D eigenvalue weighted by Gasteiger charge is -2.37. The lowest BCUT2D eigenvalue weighted by molar-refractivity contribution is -0.123. The van der Waals surface area contributed by atoms with Crippen LogP contribution in [0.1, 0.15) is 68.4 Å². The molecule has 1 amide bonds. The van der Waals surface area contributed by atoms with E-state index in [4.69, 9.17) is 5.73 Å². The summed E-state index contributed by atoms with van der Waals surface area (Å²) in [5.41, 5.74) is 6.46. The molecule has 4 rings (SSSR count). The highest BCUT2D eigenvalue weighted by molar-refractivity contribution is 5.76. The van der Waals surface area contributed by atoms with E-state index in [1.165, 1.54) is 31.4 Å². The molecule has 0 radical (unpaired) electrons. The molecule has 2 N–H and O–H groups in total. The quantitative estimate of drug-likeness (QED) is 0.853. The Hall–Kier alpha value is -2.35. The molecular formula is C20H27FN6O. The maximum absolute atomic E-state index is 13.5. The van der Waals surface area contributed by atoms with Crippen molar-refractivity contribution in [3.8, 4) is 0 Å². The second-order valence-electron chi connectivity index (χ2n) is 7.94. The number of likely N-dealkylation sites (tertiary alicyclic amines) is 1. The van der Waals surface area contributed by atoms with Gasteiger partial charge in [-0.1, -0.05) is 31.4 Å². The van der Waals surface area contributed by atoms with Gasteiger partial charge < -0.3 is 5.73 Å². The molecule has 8 heteroatoms. The van der Waals surface area contributed by atoms with Crippen LogP contribution in [0.5, 0.6) is 0 Å². The standard InChI is InChI=1S/C20H27FN6O/c21-16-8-6-14(7-9-16)18(26-12-10-15(11-13-26)19(22)28)20-23-24-25-27(20)17-4-2-1-3-5-17/h6-9,15,17-18H,1-5,10-13H2,(H2,22,28)/t18-/m0/s1. The number of amides is 1. The third kappa shape index (κ3) is 3.92. The number of nitrogens with zero attached hydrogens (tertiary/aromatic N) is 5. The van der Waals surface area contributed by atoms with Crippen LogP contribution in [0, 0.1) is 11.7 Å². The second-order valence-corrected chi connectivity index (χ2v) is 7.94. The zero-order valence-electron chi connectivity index (χ0n) is 16.0. The topological polar surface area (TPSA) is 89.9 Å². The number of carbonyl (C=O) groups is 1. The van der Waals surface area contributed by atoms with Gasteiger partial charge in [0.05, 0.1) is 12.1 Å². The lowest BCUT2D eigenvalue weighted by atomic mass is 9.92. The van der Waals surface area contributed by atoms with Crippen molar-refractivity contribution >= 4 is 5.91 Å². The lowest BCUT2D eigenvalue weighted by Crippen LogP contribution is -2.41. The summed E-state index contributed by atoms with van der Waals surface area (Å²) in [4.78, 5) is 13.8. The number of primary amides is 1. The van der Waals surface area contributed by atoms with E-state index in [9.17, 15) is 9.18 Å². The summed E-state index contributed by atoms with van der Waals surface area (Å²) in [7, 11) is 0. The van der Waals surface area contributed by atoms with Crippen LogP contribution in [0.25, 0.3) is 0 Å². The fourth-order valence-corrected chi connectivity index (χ4v) is 4.58. The van der Waals surface area contributed by atoms with Crippen molar-refractivity contribution in [3.05, 3.63) is 41.5 Å². The number of tetrazole rings is 1. The molecule has 1 aliphatic carbocycles. The van der Waals surface area contributed by atoms with Crippen molar-refractivity contribution in [2.24, 2.45) is 11.7 Å². The summed E-state index contributed by atoms with van der Waals surface area (Å²) >= 11 is 0. The number of carbonyl (C=O) groups excluding carboxylic acids is 1. The van der Waals surface area contributed by atoms with E-state index in [0.29, 0.717) is 6.04 Å². The fraction of sp³-hybridized carbons (Fsp3) is 0.600. The number of benzene rings is 1. The molecule has 1 saturated heterocycles. The molecule has 1 atom stereocenters. The zero-order chi connectivity index (χ0) is 19.5. The molecule has 2 fully saturated rings. The first kappa shape index (κ1) is 19.0. The SMILES string of the molecule is NC(=O)C1CCN([C@@H](c2ccc(F)cc2)c2nnnn2C2CCCCC2)CC1. The number of hydrogen-bond donors (Lipinski definition) is 1. The molecule has 28 heavy (non-hydrogen) atoms. The Morgan fingerprint density at radius 2 is 1.75 bits per heavy atom. The average Bonchev–Trinajstić information content (AvgIpc) is 3.20. The van der Waals surface area contributed by atoms with Gasteiger partial charge in [-0.15, -0.1) is 5.10 Å². The van der Waals surface area contributed by atoms with E-state index in [0.717, 1.165) is 50.2 Å². The monoisotopic (exact) mass is 386 g/mol. The molecule has 2 heterocycles. The molecule has 1 aliphatic heterocycles. The van der Waals surface area contributed by atoms with Gasteiger partial charge in [0.2, 0.25) is 5.91 Å². The van der Waals surface area contributed by atoms with Crippen LogP contribution < -0.4 is 5.73 Å². The van der Waals surface area contributed by atoms with E-state index in [-0.39, 0.29) is 23.7 Å². The molecule has 1 saturated carbocycles. The number of aromatic nitrogens is 4. The zero-order valence-corrected chi connectivity index (χ0v) is 16.0. The number of hydrogen-bond acceptors (Lipinski definition) is 5. The minimum Gasteiger partial charge on any atom is -0.369 e. The number of nitrogens with two attached hydrogens (primary N) is 1. The number of halogens is 1. The predicted octanol–water partition coefficient (Wildman–Crippen LogP) is 2.60. The van der Waals surface area contributed by atoms with Crippen LogP contribution in [-0.4, -0.2) is 44.1 Å². The van der Waals surface area contributed by atoms with E-state index in [1.807, 2.05) is 4.68 Å². The van der Waals surface area contributed by atoms with Crippen LogP contribution in [0.4, 0.5) is 4.39 Å². The van der Waals surface area contributed by atoms with Gasteiger partial charge in [-0.3, -0.25) is 9.69 Å². The summed E-state index contributed by atoms with van der Waals surface area (Å²) in [5.74, 6) is 0.224. The molecule has 0 unspecified atom stereocenters. The van der Waals surface area contributed by atoms with Gasteiger partial charge in [0, 0.05) is 5.92 Å². The Balaban J connectivity index is 1.65. The summed E-state index contributed by atoms with van der Waals surface area (Å²) < 4.78 is 15.5. The first-order chi connectivity index (χ1) is 13.6. The van der Waals surface area contributed by atoms with Gasteiger partial charge in [0.25, 0.3) is 0 Å². The van der Waals surface area contributed by atoms with E-state index in [1.54, 1.807) is 12.1 Å². The minimum atomic E-state index is -0.262. The van der Waals surface area contributed by atoms with Gasteiger partial charge in [0.15, 0.2) is 5.82 Å². The van der Waals surface area contributed by atoms with Gasteiger partial charge in [0.1, 0.15) is 5.82 Å². The molecule has 1 aromatic heterocycles. The fourth-order valence-electron chi connectivity index (χ4n) is 4.58. The van der Waals surface area contributed by atoms with Crippen LogP contribution in [0.15, 0.2) is 24.3 Å². The van der Waals surface area contributed by atoms with Crippen molar-refractivity contribution in [3.63, 3.8) is 0 Å². The van der Waals surface area contributed by atoms with Gasteiger partial charge >= 0.3 is 0 Å². The molecule has 0 bridgehead atoms. The van der Waals surface area contributed by atoms with Gasteiger partial charge in [-0.2, -0.15) is 0 Å². The smallest absolute Gasteiger partial charge is 0.220 e. The van der Waals surface area contributed by atoms with Crippen molar-refractivity contribution in [2.45, 2.75) is 57.0 Å². The van der Waals surface area contributed by atoms with Crippen LogP contribution in [0.3, 0.4) is 0 Å². The summed E-state index contributed by atoms with van der Waals surface area (Å²) in [6.07, 6.45) is 7.24. The first-order valence-electron chi connectivity index (χ1n) is 10.2. The van der Waals surface area contributed by atoms with Crippen LogP contribution in [-0.2, 0) is 4.79 Å². The normalized spacial score (nSPS) is 20.9. The number of rotatable bonds is 5. The van der Waals surface area contributed by atoms with Crippen molar-refractivity contribution in [1.82, 2.24) is 25.1 Å². The van der Waals surface area contributed by atoms with E-state index in [2.05, 4.69) is 20.4 Å². The highest BCUT2D eigenvalue weighted by atomic mass is 19.1. The molecule has 0 spiro atoms. The van der Waals surface area contributed by atoms with E-state index < -0.39 is 0 Å². The van der Waals surface area contributed by atoms with Crippen LogP contribution in [0.2, 0.25) is 0 Å². The maximum atomic E-state index is 13.5. The largest absolute Gasteiger partial charge is 0.369 e. The third-order valence-corrected chi connectivity index (χ3v) is 6.17. The Labute approximate surface area is 164 Å². The molecule has 7 nitrogen and oxygen atoms in total. The molecular weight excluding hydrogens is 359 g/mol. The Bertz CT molecular complexity index is 793. The predicted molar refractivity (Wildman–Crippen MR) is 102 cm³/mol. The minimum absolute atomic E-state index is 0.0838. The molecule has 2 aliphatic rings. The molecule has 1 aromatic carbocycles. The summed E-state index contributed by atoms with van der Waals surface area (Å²) in [5, 5.41) is 12.7. The van der Waals surface area contributed by atoms with Crippen molar-refractivity contribution < 1.29 is 9.18 Å². The second kappa shape index (κ2) is 8.34. The Kier molecular flexibility index (Phi) is 5.66. The highest BCUT2D eigenvalue weighted by Crippen LogP contribution is 2.35. The number of piperidine rings is 1. The van der Waals surface area contributed by atoms with E-state index >= 15 is 0 Å². The Morgan fingerprint density at radius 1 is 1.07 bits per heavy atom. The summed E-state index contributed by atoms with van der Waals surface area (Å²) in [6, 6.07) is 6.72. The molecule has 150 valence electrons. The van der Waals surface area contributed by atoms with Crippen LogP contribution >= 0.6 is 0 Å². The molecule has 2 aromatic rings. The Morgan fingerprint density at radius 3 is 2.39 bits per heavy atom. The van der Waals surface area contributed by atoms with Gasteiger partial charge in [-0.05, 0) is 66.9 Å².